The fourth-order valence-corrected chi connectivity index (χ4v) is 4.45. The van der Waals surface area contributed by atoms with E-state index in [-0.39, 0.29) is 47.9 Å². The summed E-state index contributed by atoms with van der Waals surface area (Å²) in [5.41, 5.74) is 0.153. The zero-order valence-electron chi connectivity index (χ0n) is 22.0. The first-order chi connectivity index (χ1) is 18.1. The number of aromatic hydroxyl groups is 1. The maximum absolute atomic E-state index is 13.0. The first kappa shape index (κ1) is 28.7. The number of likely N-dealkylation sites (tertiary alicyclic amines) is 1. The molecule has 3 N–H and O–H groups in total. The van der Waals surface area contributed by atoms with Crippen LogP contribution in [0.3, 0.4) is 0 Å². The summed E-state index contributed by atoms with van der Waals surface area (Å²) in [6.07, 6.45) is 2.99. The molecule has 3 rings (SSSR count). The predicted octanol–water partition coefficient (Wildman–Crippen LogP) is 0.0988. The molecule has 2 aliphatic rings. The Hall–Kier alpha value is -3.83. The molecule has 0 unspecified atom stereocenters. The summed E-state index contributed by atoms with van der Waals surface area (Å²) in [5.74, 6) is -1.46. The van der Waals surface area contributed by atoms with Gasteiger partial charge < -0.3 is 35.2 Å². The van der Waals surface area contributed by atoms with E-state index in [0.29, 0.717) is 51.9 Å². The molecule has 2 heterocycles. The number of amides is 5. The molecule has 0 aromatic heterocycles. The number of phenolic OH excluding ortho intramolecular Hbond substituents is 1. The molecule has 208 valence electrons. The van der Waals surface area contributed by atoms with E-state index >= 15 is 0 Å². The molecule has 1 atom stereocenters. The second kappa shape index (κ2) is 13.6. The SMILES string of the molecule is C[C@@H]1NC(=O)COc2cc(O)cc(c2)C(=O)NCCCN(C(=O)CN2CCCC2=O)CCCCN(C)C1=O. The quantitative estimate of drug-likeness (QED) is 0.490. The van der Waals surface area contributed by atoms with Gasteiger partial charge in [-0.15, -0.1) is 0 Å². The van der Waals surface area contributed by atoms with Crippen LogP contribution in [0.4, 0.5) is 0 Å². The van der Waals surface area contributed by atoms with Crippen molar-refractivity contribution in [2.24, 2.45) is 0 Å². The van der Waals surface area contributed by atoms with Crippen molar-refractivity contribution in [1.82, 2.24) is 25.3 Å². The zero-order chi connectivity index (χ0) is 27.7. The molecular formula is C26H37N5O7. The van der Waals surface area contributed by atoms with Crippen molar-refractivity contribution >= 4 is 29.5 Å². The Balaban J connectivity index is 1.71. The molecule has 1 fully saturated rings. The van der Waals surface area contributed by atoms with Gasteiger partial charge in [-0.3, -0.25) is 24.0 Å². The van der Waals surface area contributed by atoms with Gasteiger partial charge >= 0.3 is 0 Å². The minimum absolute atomic E-state index is 0.0190. The molecule has 2 aliphatic heterocycles. The molecule has 2 bridgehead atoms. The number of hydrogen-bond acceptors (Lipinski definition) is 7. The van der Waals surface area contributed by atoms with E-state index < -0.39 is 24.5 Å². The molecule has 0 spiro atoms. The molecule has 38 heavy (non-hydrogen) atoms. The minimum atomic E-state index is -0.775. The van der Waals surface area contributed by atoms with E-state index in [1.165, 1.54) is 23.1 Å². The number of benzene rings is 1. The van der Waals surface area contributed by atoms with Crippen molar-refractivity contribution in [3.8, 4) is 11.5 Å². The normalized spacial score (nSPS) is 21.0. The lowest BCUT2D eigenvalue weighted by molar-refractivity contribution is -0.138. The molecule has 0 radical (unpaired) electrons. The number of nitrogens with one attached hydrogen (secondary N) is 2. The summed E-state index contributed by atoms with van der Waals surface area (Å²) in [4.78, 5) is 67.4. The molecule has 12 nitrogen and oxygen atoms in total. The number of likely N-dealkylation sites (N-methyl/N-ethyl adjacent to an activating group) is 1. The molecule has 5 amide bonds. The number of carbonyl (C=O) groups is 5. The highest BCUT2D eigenvalue weighted by atomic mass is 16.5. The lowest BCUT2D eigenvalue weighted by Crippen LogP contribution is -2.47. The monoisotopic (exact) mass is 531 g/mol. The van der Waals surface area contributed by atoms with Crippen LogP contribution in [0.5, 0.6) is 11.5 Å². The fraction of sp³-hybridized carbons (Fsp3) is 0.577. The summed E-state index contributed by atoms with van der Waals surface area (Å²) in [6, 6.07) is 3.20. The van der Waals surface area contributed by atoms with Crippen LogP contribution in [0.15, 0.2) is 18.2 Å². The highest BCUT2D eigenvalue weighted by molar-refractivity contribution is 5.95. The zero-order valence-corrected chi connectivity index (χ0v) is 22.0. The maximum Gasteiger partial charge on any atom is 0.258 e. The Kier molecular flexibility index (Phi) is 10.3. The molecule has 1 aromatic carbocycles. The number of fused-ring (bicyclic) bond motifs is 2. The van der Waals surface area contributed by atoms with Gasteiger partial charge in [0, 0.05) is 57.8 Å². The summed E-state index contributed by atoms with van der Waals surface area (Å²) in [6.45, 7) is 3.39. The van der Waals surface area contributed by atoms with Gasteiger partial charge in [0.15, 0.2) is 6.61 Å². The third-order valence-corrected chi connectivity index (χ3v) is 6.56. The van der Waals surface area contributed by atoms with Crippen molar-refractivity contribution in [3.05, 3.63) is 23.8 Å². The number of phenols is 1. The van der Waals surface area contributed by atoms with E-state index in [1.54, 1.807) is 23.8 Å². The van der Waals surface area contributed by atoms with E-state index in [0.717, 1.165) is 6.42 Å². The second-order valence-electron chi connectivity index (χ2n) is 9.67. The highest BCUT2D eigenvalue weighted by Gasteiger charge is 2.25. The van der Waals surface area contributed by atoms with Gasteiger partial charge in [-0.25, -0.2) is 0 Å². The Bertz CT molecular complexity index is 1050. The minimum Gasteiger partial charge on any atom is -0.508 e. The van der Waals surface area contributed by atoms with Crippen LogP contribution in [0.25, 0.3) is 0 Å². The van der Waals surface area contributed by atoms with Crippen molar-refractivity contribution in [2.45, 2.75) is 45.1 Å². The van der Waals surface area contributed by atoms with Gasteiger partial charge in [0.2, 0.25) is 17.7 Å². The molecule has 12 heteroatoms. The molecule has 0 saturated carbocycles. The smallest absolute Gasteiger partial charge is 0.258 e. The van der Waals surface area contributed by atoms with Gasteiger partial charge in [-0.1, -0.05) is 0 Å². The summed E-state index contributed by atoms with van der Waals surface area (Å²) in [7, 11) is 1.66. The van der Waals surface area contributed by atoms with Crippen molar-refractivity contribution in [2.75, 3.05) is 52.9 Å². The number of nitrogens with zero attached hydrogens (tertiary/aromatic N) is 3. The third-order valence-electron chi connectivity index (χ3n) is 6.56. The Morgan fingerprint density at radius 3 is 2.50 bits per heavy atom. The second-order valence-corrected chi connectivity index (χ2v) is 9.67. The summed E-state index contributed by atoms with van der Waals surface area (Å²) in [5, 5.41) is 15.4. The number of hydrogen-bond donors (Lipinski definition) is 3. The van der Waals surface area contributed by atoms with Gasteiger partial charge in [-0.2, -0.15) is 0 Å². The third kappa shape index (κ3) is 8.35. The van der Waals surface area contributed by atoms with E-state index in [9.17, 15) is 29.1 Å². The van der Waals surface area contributed by atoms with Crippen LogP contribution in [-0.2, 0) is 19.2 Å². The van der Waals surface area contributed by atoms with Crippen molar-refractivity contribution in [3.63, 3.8) is 0 Å². The number of rotatable bonds is 2. The van der Waals surface area contributed by atoms with E-state index in [1.807, 2.05) is 0 Å². The van der Waals surface area contributed by atoms with Crippen LogP contribution in [0.1, 0.15) is 49.4 Å². The highest BCUT2D eigenvalue weighted by Crippen LogP contribution is 2.22. The largest absolute Gasteiger partial charge is 0.508 e. The van der Waals surface area contributed by atoms with Gasteiger partial charge in [0.1, 0.15) is 17.5 Å². The molecular weight excluding hydrogens is 494 g/mol. The van der Waals surface area contributed by atoms with Crippen LogP contribution < -0.4 is 15.4 Å². The van der Waals surface area contributed by atoms with Crippen LogP contribution in [0.2, 0.25) is 0 Å². The number of carbonyl (C=O) groups excluding carboxylic acids is 5. The average Bonchev–Trinajstić information content (AvgIpc) is 3.28. The van der Waals surface area contributed by atoms with Gasteiger partial charge in [-0.05, 0) is 44.7 Å². The molecule has 1 saturated heterocycles. The lowest BCUT2D eigenvalue weighted by Gasteiger charge is -2.26. The summed E-state index contributed by atoms with van der Waals surface area (Å²) < 4.78 is 5.43. The first-order valence-corrected chi connectivity index (χ1v) is 13.0. The van der Waals surface area contributed by atoms with Crippen LogP contribution >= 0.6 is 0 Å². The summed E-state index contributed by atoms with van der Waals surface area (Å²) >= 11 is 0. The van der Waals surface area contributed by atoms with E-state index in [4.69, 9.17) is 4.74 Å². The Morgan fingerprint density at radius 1 is 1.03 bits per heavy atom. The predicted molar refractivity (Wildman–Crippen MR) is 137 cm³/mol. The van der Waals surface area contributed by atoms with Crippen LogP contribution in [0, 0.1) is 0 Å². The van der Waals surface area contributed by atoms with Gasteiger partial charge in [0.25, 0.3) is 11.8 Å². The Morgan fingerprint density at radius 2 is 1.76 bits per heavy atom. The lowest BCUT2D eigenvalue weighted by atomic mass is 10.2. The van der Waals surface area contributed by atoms with Crippen molar-refractivity contribution in [1.29, 1.82) is 0 Å². The molecule has 0 aliphatic carbocycles. The molecule has 1 aromatic rings. The number of ether oxygens (including phenoxy) is 1. The maximum atomic E-state index is 13.0. The average molecular weight is 532 g/mol. The first-order valence-electron chi connectivity index (χ1n) is 13.0. The van der Waals surface area contributed by atoms with E-state index in [2.05, 4.69) is 10.6 Å². The standard InChI is InChI=1S/C26H37N5O7/c1-18-26(37)29(2)9-3-4-10-30(24(35)16-31-11-5-7-23(31)34)12-6-8-27-25(36)19-13-20(32)15-21(14-19)38-17-22(33)28-18/h13-15,18,32H,3-12,16-17H2,1-2H3,(H,27,36)(H,28,33)/t18-/m0/s1. The van der Waals surface area contributed by atoms with Crippen LogP contribution in [-0.4, -0.2) is 108 Å². The Labute approximate surface area is 222 Å². The topological polar surface area (TPSA) is 149 Å². The fourth-order valence-electron chi connectivity index (χ4n) is 4.45. The van der Waals surface area contributed by atoms with Gasteiger partial charge in [0.05, 0.1) is 6.54 Å². The van der Waals surface area contributed by atoms with Crippen molar-refractivity contribution < 1.29 is 33.8 Å².